The van der Waals surface area contributed by atoms with Crippen LogP contribution in [0.1, 0.15) is 5.56 Å². The molecule has 0 saturated carbocycles. The number of nitrogens with one attached hydrogen (secondary N) is 1. The number of amides is 3. The van der Waals surface area contributed by atoms with Crippen LogP contribution in [0.15, 0.2) is 47.4 Å². The van der Waals surface area contributed by atoms with Gasteiger partial charge in [-0.15, -0.1) is 0 Å². The van der Waals surface area contributed by atoms with Gasteiger partial charge in [-0.25, -0.2) is 4.39 Å². The molecule has 2 aliphatic rings. The summed E-state index contributed by atoms with van der Waals surface area (Å²) in [7, 11) is 0. The van der Waals surface area contributed by atoms with Crippen LogP contribution in [0.4, 0.5) is 14.9 Å². The first-order valence-electron chi connectivity index (χ1n) is 8.70. The van der Waals surface area contributed by atoms with Gasteiger partial charge in [0.15, 0.2) is 11.5 Å². The van der Waals surface area contributed by atoms with Crippen molar-refractivity contribution in [3.05, 3.63) is 58.8 Å². The number of halogens is 1. The third-order valence-corrected chi connectivity index (χ3v) is 5.06. The lowest BCUT2D eigenvalue weighted by atomic mass is 10.2. The highest BCUT2D eigenvalue weighted by Gasteiger charge is 2.36. The van der Waals surface area contributed by atoms with Gasteiger partial charge >= 0.3 is 0 Å². The Morgan fingerprint density at radius 2 is 1.93 bits per heavy atom. The number of rotatable bonds is 4. The molecule has 148 valence electrons. The molecule has 1 fully saturated rings. The van der Waals surface area contributed by atoms with Gasteiger partial charge in [0.2, 0.25) is 5.91 Å². The molecular weight excluding hydrogens is 399 g/mol. The van der Waals surface area contributed by atoms with Crippen molar-refractivity contribution in [3.63, 3.8) is 0 Å². The number of benzene rings is 2. The number of thioether (sulfide) groups is 1. The summed E-state index contributed by atoms with van der Waals surface area (Å²) >= 11 is 0.709. The first-order valence-corrected chi connectivity index (χ1v) is 9.52. The van der Waals surface area contributed by atoms with E-state index in [1.807, 2.05) is 0 Å². The summed E-state index contributed by atoms with van der Waals surface area (Å²) in [5, 5.41) is 2.07. The molecule has 4 rings (SSSR count). The number of hydrogen-bond acceptors (Lipinski definition) is 6. The van der Waals surface area contributed by atoms with Gasteiger partial charge in [0, 0.05) is 11.8 Å². The largest absolute Gasteiger partial charge is 0.486 e. The average Bonchev–Trinajstić information content (AvgIpc) is 2.95. The lowest BCUT2D eigenvalue weighted by molar-refractivity contribution is -0.127. The summed E-state index contributed by atoms with van der Waals surface area (Å²) in [4.78, 5) is 38.0. The van der Waals surface area contributed by atoms with Gasteiger partial charge in [-0.05, 0) is 47.7 Å². The van der Waals surface area contributed by atoms with E-state index in [4.69, 9.17) is 9.47 Å². The third-order valence-electron chi connectivity index (χ3n) is 4.15. The van der Waals surface area contributed by atoms with Crippen LogP contribution < -0.4 is 14.8 Å². The fraction of sp³-hybridized carbons (Fsp3) is 0.150. The molecule has 2 aromatic carbocycles. The maximum atomic E-state index is 13.3. The zero-order valence-electron chi connectivity index (χ0n) is 15.0. The van der Waals surface area contributed by atoms with Crippen molar-refractivity contribution in [2.45, 2.75) is 0 Å². The minimum atomic E-state index is -0.596. The number of carbonyl (C=O) groups is 3. The molecule has 0 spiro atoms. The maximum absolute atomic E-state index is 13.3. The van der Waals surface area contributed by atoms with Crippen LogP contribution in [0.25, 0.3) is 6.08 Å². The van der Waals surface area contributed by atoms with Crippen molar-refractivity contribution in [2.24, 2.45) is 0 Å². The molecule has 1 N–H and O–H groups in total. The van der Waals surface area contributed by atoms with Gasteiger partial charge < -0.3 is 14.8 Å². The van der Waals surface area contributed by atoms with Crippen LogP contribution in [0.3, 0.4) is 0 Å². The van der Waals surface area contributed by atoms with Crippen LogP contribution >= 0.6 is 11.8 Å². The maximum Gasteiger partial charge on any atom is 0.294 e. The van der Waals surface area contributed by atoms with Gasteiger partial charge in [-0.1, -0.05) is 12.1 Å². The SMILES string of the molecule is O=C(CN1C(=O)S/C(=C/c2cccc(F)c2)C1=O)Nc1ccc2c(c1)OCCO2. The topological polar surface area (TPSA) is 84.9 Å². The first kappa shape index (κ1) is 19.0. The number of fused-ring (bicyclic) bond motifs is 1. The quantitative estimate of drug-likeness (QED) is 0.773. The van der Waals surface area contributed by atoms with E-state index in [2.05, 4.69) is 5.32 Å². The van der Waals surface area contributed by atoms with Crippen LogP contribution in [-0.2, 0) is 9.59 Å². The summed E-state index contributed by atoms with van der Waals surface area (Å²) in [6.45, 7) is 0.444. The summed E-state index contributed by atoms with van der Waals surface area (Å²) < 4.78 is 24.2. The molecule has 0 atom stereocenters. The second kappa shape index (κ2) is 7.96. The van der Waals surface area contributed by atoms with Gasteiger partial charge in [-0.2, -0.15) is 0 Å². The van der Waals surface area contributed by atoms with Crippen LogP contribution in [0.2, 0.25) is 0 Å². The number of nitrogens with zero attached hydrogens (tertiary/aromatic N) is 1. The molecule has 3 amide bonds. The molecule has 9 heteroatoms. The van der Waals surface area contributed by atoms with Gasteiger partial charge in [-0.3, -0.25) is 19.3 Å². The van der Waals surface area contributed by atoms with E-state index in [0.717, 1.165) is 4.90 Å². The Morgan fingerprint density at radius 1 is 1.14 bits per heavy atom. The number of hydrogen-bond donors (Lipinski definition) is 1. The monoisotopic (exact) mass is 414 g/mol. The van der Waals surface area contributed by atoms with Crippen molar-refractivity contribution in [1.29, 1.82) is 0 Å². The standard InChI is InChI=1S/C20H15FN2O5S/c21-13-3-1-2-12(8-13)9-17-19(25)23(20(26)29-17)11-18(24)22-14-4-5-15-16(10-14)28-7-6-27-15/h1-5,8-10H,6-7,11H2,(H,22,24)/b17-9+. The molecule has 2 aliphatic heterocycles. The number of anilines is 1. The van der Waals surface area contributed by atoms with Gasteiger partial charge in [0.25, 0.3) is 11.1 Å². The van der Waals surface area contributed by atoms with E-state index < -0.39 is 29.4 Å². The van der Waals surface area contributed by atoms with E-state index in [9.17, 15) is 18.8 Å². The summed E-state index contributed by atoms with van der Waals surface area (Å²) in [5.74, 6) is -0.477. The molecule has 0 radical (unpaired) electrons. The van der Waals surface area contributed by atoms with Crippen molar-refractivity contribution in [1.82, 2.24) is 4.90 Å². The molecule has 0 bridgehead atoms. The third kappa shape index (κ3) is 4.24. The van der Waals surface area contributed by atoms with E-state index in [1.54, 1.807) is 24.3 Å². The minimum Gasteiger partial charge on any atom is -0.486 e. The normalized spacial score (nSPS) is 17.0. The number of imide groups is 1. The Balaban J connectivity index is 1.43. The Labute approximate surface area is 169 Å². The summed E-state index contributed by atoms with van der Waals surface area (Å²) in [6, 6.07) is 10.6. The Morgan fingerprint density at radius 3 is 2.72 bits per heavy atom. The predicted molar refractivity (Wildman–Crippen MR) is 105 cm³/mol. The molecule has 2 aromatic rings. The minimum absolute atomic E-state index is 0.132. The predicted octanol–water partition coefficient (Wildman–Crippen LogP) is 3.27. The fourth-order valence-corrected chi connectivity index (χ4v) is 3.69. The smallest absolute Gasteiger partial charge is 0.294 e. The molecule has 2 heterocycles. The molecule has 0 aromatic heterocycles. The first-order chi connectivity index (χ1) is 14.0. The highest BCUT2D eigenvalue weighted by molar-refractivity contribution is 8.18. The molecule has 0 unspecified atom stereocenters. The summed E-state index contributed by atoms with van der Waals surface area (Å²) in [6.07, 6.45) is 1.42. The molecule has 29 heavy (non-hydrogen) atoms. The van der Waals surface area contributed by atoms with Crippen LogP contribution in [0, 0.1) is 5.82 Å². The average molecular weight is 414 g/mol. The van der Waals surface area contributed by atoms with Crippen LogP contribution in [0.5, 0.6) is 11.5 Å². The van der Waals surface area contributed by atoms with Gasteiger partial charge in [0.05, 0.1) is 4.91 Å². The number of carbonyl (C=O) groups excluding carboxylic acids is 3. The molecule has 1 saturated heterocycles. The van der Waals surface area contributed by atoms with Crippen LogP contribution in [-0.4, -0.2) is 41.7 Å². The Bertz CT molecular complexity index is 1040. The van der Waals surface area contributed by atoms with Crippen molar-refractivity contribution < 1.29 is 28.2 Å². The molecule has 7 nitrogen and oxygen atoms in total. The molecule has 0 aliphatic carbocycles. The van der Waals surface area contributed by atoms with Crippen molar-refractivity contribution in [2.75, 3.05) is 25.1 Å². The lowest BCUT2D eigenvalue weighted by Crippen LogP contribution is -2.36. The lowest BCUT2D eigenvalue weighted by Gasteiger charge is -2.19. The number of ether oxygens (including phenoxy) is 2. The Hall–Kier alpha value is -3.33. The van der Waals surface area contributed by atoms with E-state index >= 15 is 0 Å². The Kier molecular flexibility index (Phi) is 5.22. The zero-order chi connectivity index (χ0) is 20.4. The molecular formula is C20H15FN2O5S. The summed E-state index contributed by atoms with van der Waals surface area (Å²) in [5.41, 5.74) is 0.915. The van der Waals surface area contributed by atoms with E-state index in [-0.39, 0.29) is 4.91 Å². The highest BCUT2D eigenvalue weighted by atomic mass is 32.2. The van der Waals surface area contributed by atoms with Crippen molar-refractivity contribution in [3.8, 4) is 11.5 Å². The fourth-order valence-electron chi connectivity index (χ4n) is 2.85. The highest BCUT2D eigenvalue weighted by Crippen LogP contribution is 2.34. The zero-order valence-corrected chi connectivity index (χ0v) is 15.8. The second-order valence-corrected chi connectivity index (χ2v) is 7.22. The van der Waals surface area contributed by atoms with Crippen molar-refractivity contribution >= 4 is 40.6 Å². The second-order valence-electron chi connectivity index (χ2n) is 6.23. The van der Waals surface area contributed by atoms with E-state index in [1.165, 1.54) is 24.3 Å². The van der Waals surface area contributed by atoms with Gasteiger partial charge in [0.1, 0.15) is 25.6 Å². The van der Waals surface area contributed by atoms with E-state index in [0.29, 0.717) is 47.7 Å².